The predicted octanol–water partition coefficient (Wildman–Crippen LogP) is 4.99. The van der Waals surface area contributed by atoms with E-state index in [4.69, 9.17) is 19.6 Å². The number of ether oxygens (including phenoxy) is 2. The van der Waals surface area contributed by atoms with E-state index < -0.39 is 13.9 Å². The van der Waals surface area contributed by atoms with E-state index in [0.717, 1.165) is 52.9 Å². The Hall–Kier alpha value is -1.60. The average molecular weight is 647 g/mol. The van der Waals surface area contributed by atoms with E-state index in [1.54, 1.807) is 22.7 Å². The van der Waals surface area contributed by atoms with Crippen LogP contribution in [0.2, 0.25) is 18.1 Å². The van der Waals surface area contributed by atoms with Crippen LogP contribution in [0.4, 0.5) is 0 Å². The lowest BCUT2D eigenvalue weighted by molar-refractivity contribution is -0.955. The van der Waals surface area contributed by atoms with Gasteiger partial charge in [0.15, 0.2) is 8.32 Å². The fourth-order valence-electron chi connectivity index (χ4n) is 7.50. The number of epoxide rings is 1. The van der Waals surface area contributed by atoms with Crippen LogP contribution in [0.25, 0.3) is 0 Å². The van der Waals surface area contributed by atoms with Gasteiger partial charge in [-0.1, -0.05) is 32.9 Å². The molecule has 2 aromatic rings. The van der Waals surface area contributed by atoms with E-state index >= 15 is 0 Å². The SMILES string of the molecule is CC(C)(C)[Si](C)(C)OC(C(=O)OC1CC2C3OC3C(C1)[N+]2(C)CCNC(=O)[C@H]1CC[C@@H](N)C1)(c1cccs1)c1cccs1. The molecule has 4 unspecified atom stereocenters. The van der Waals surface area contributed by atoms with Crippen molar-refractivity contribution < 1.29 is 28.0 Å². The Morgan fingerprint density at radius 3 is 2.14 bits per heavy atom. The number of rotatable bonds is 10. The maximum absolute atomic E-state index is 14.6. The van der Waals surface area contributed by atoms with E-state index in [0.29, 0.717) is 6.54 Å². The molecule has 6 rings (SSSR count). The lowest BCUT2D eigenvalue weighted by Crippen LogP contribution is -2.64. The summed E-state index contributed by atoms with van der Waals surface area (Å²) in [4.78, 5) is 29.1. The summed E-state index contributed by atoms with van der Waals surface area (Å²) in [6.07, 6.45) is 4.28. The molecule has 0 radical (unpaired) electrons. The molecule has 3 aliphatic heterocycles. The van der Waals surface area contributed by atoms with Gasteiger partial charge < -0.3 is 29.4 Å². The van der Waals surface area contributed by atoms with Crippen LogP contribution in [-0.2, 0) is 29.1 Å². The first kappa shape index (κ1) is 31.4. The number of fused-ring (bicyclic) bond motifs is 5. The minimum atomic E-state index is -2.41. The van der Waals surface area contributed by atoms with Crippen molar-refractivity contribution in [3.8, 4) is 0 Å². The zero-order valence-corrected chi connectivity index (χ0v) is 29.0. The van der Waals surface area contributed by atoms with Crippen LogP contribution in [0.3, 0.4) is 0 Å². The molecular weight excluding hydrogens is 599 g/mol. The van der Waals surface area contributed by atoms with Gasteiger partial charge in [0, 0.05) is 24.8 Å². The molecule has 6 atom stereocenters. The number of hydrogen-bond donors (Lipinski definition) is 2. The number of carbonyl (C=O) groups is 2. The van der Waals surface area contributed by atoms with Crippen LogP contribution in [0.5, 0.6) is 0 Å². The third kappa shape index (κ3) is 5.57. The van der Waals surface area contributed by atoms with Crippen LogP contribution < -0.4 is 11.1 Å². The maximum atomic E-state index is 14.6. The molecular formula is C32H48N3O5S2Si+. The van der Waals surface area contributed by atoms with E-state index in [1.807, 2.05) is 35.0 Å². The number of morpholine rings is 1. The van der Waals surface area contributed by atoms with Crippen LogP contribution in [0.15, 0.2) is 35.0 Å². The Morgan fingerprint density at radius 1 is 1.05 bits per heavy atom. The maximum Gasteiger partial charge on any atom is 0.348 e. The molecule has 2 aromatic heterocycles. The topological polar surface area (TPSA) is 103 Å². The first-order valence-electron chi connectivity index (χ1n) is 15.8. The molecule has 3 N–H and O–H groups in total. The summed E-state index contributed by atoms with van der Waals surface area (Å²) in [6, 6.07) is 8.60. The molecule has 1 amide bonds. The first-order valence-corrected chi connectivity index (χ1v) is 20.5. The third-order valence-corrected chi connectivity index (χ3v) is 17.5. The fourth-order valence-corrected chi connectivity index (χ4v) is 10.8. The van der Waals surface area contributed by atoms with Gasteiger partial charge in [-0.2, -0.15) is 0 Å². The van der Waals surface area contributed by atoms with E-state index in [1.165, 1.54) is 0 Å². The van der Waals surface area contributed by atoms with Crippen molar-refractivity contribution in [1.29, 1.82) is 0 Å². The summed E-state index contributed by atoms with van der Waals surface area (Å²) in [5, 5.41) is 7.13. The van der Waals surface area contributed by atoms with Crippen molar-refractivity contribution >= 4 is 42.9 Å². The number of nitrogens with two attached hydrogens (primary N) is 1. The fraction of sp³-hybridized carbons (Fsp3) is 0.688. The van der Waals surface area contributed by atoms with Gasteiger partial charge >= 0.3 is 5.97 Å². The number of quaternary nitrogens is 1. The largest absolute Gasteiger partial charge is 0.459 e. The molecule has 4 aliphatic rings. The van der Waals surface area contributed by atoms with Crippen molar-refractivity contribution in [1.82, 2.24) is 5.32 Å². The van der Waals surface area contributed by atoms with E-state index in [2.05, 4.69) is 46.2 Å². The van der Waals surface area contributed by atoms with Gasteiger partial charge in [-0.25, -0.2) is 4.79 Å². The zero-order valence-electron chi connectivity index (χ0n) is 26.3. The normalized spacial score (nSPS) is 33.7. The monoisotopic (exact) mass is 646 g/mol. The summed E-state index contributed by atoms with van der Waals surface area (Å²) in [5.74, 6) is -0.129. The summed E-state index contributed by atoms with van der Waals surface area (Å²) in [5.41, 5.74) is 4.75. The summed E-state index contributed by atoms with van der Waals surface area (Å²) >= 11 is 3.10. The summed E-state index contributed by atoms with van der Waals surface area (Å²) < 4.78 is 20.7. The van der Waals surface area contributed by atoms with Gasteiger partial charge in [0.2, 0.25) is 11.5 Å². The molecule has 0 spiro atoms. The van der Waals surface area contributed by atoms with Gasteiger partial charge in [-0.3, -0.25) is 4.79 Å². The molecule has 5 heterocycles. The number of hydrogen-bond acceptors (Lipinski definition) is 8. The van der Waals surface area contributed by atoms with Gasteiger partial charge in [0.1, 0.15) is 30.4 Å². The van der Waals surface area contributed by atoms with Crippen molar-refractivity contribution in [3.63, 3.8) is 0 Å². The number of nitrogens with one attached hydrogen (secondary N) is 1. The molecule has 1 aliphatic carbocycles. The smallest absolute Gasteiger partial charge is 0.348 e. The van der Waals surface area contributed by atoms with Crippen LogP contribution >= 0.6 is 22.7 Å². The third-order valence-electron chi connectivity index (χ3n) is 11.1. The van der Waals surface area contributed by atoms with Crippen LogP contribution in [0.1, 0.15) is 62.6 Å². The van der Waals surface area contributed by atoms with Gasteiger partial charge in [0.05, 0.1) is 29.9 Å². The van der Waals surface area contributed by atoms with E-state index in [-0.39, 0.29) is 59.3 Å². The Kier molecular flexibility index (Phi) is 8.27. The number of thiophene rings is 2. The second-order valence-corrected chi connectivity index (χ2v) is 21.4. The van der Waals surface area contributed by atoms with Crippen molar-refractivity contribution in [2.75, 3.05) is 20.1 Å². The first-order chi connectivity index (χ1) is 20.3. The summed E-state index contributed by atoms with van der Waals surface area (Å²) in [7, 11) is -0.119. The molecule has 11 heteroatoms. The summed E-state index contributed by atoms with van der Waals surface area (Å²) in [6.45, 7) is 12.5. The highest BCUT2D eigenvalue weighted by molar-refractivity contribution is 7.12. The highest BCUT2D eigenvalue weighted by Gasteiger charge is 2.72. The zero-order chi connectivity index (χ0) is 30.8. The second kappa shape index (κ2) is 11.3. The minimum Gasteiger partial charge on any atom is -0.459 e. The Balaban J connectivity index is 1.19. The lowest BCUT2D eigenvalue weighted by Gasteiger charge is -2.49. The molecule has 43 heavy (non-hydrogen) atoms. The van der Waals surface area contributed by atoms with Gasteiger partial charge in [-0.05, 0) is 60.3 Å². The Labute approximate surface area is 265 Å². The molecule has 8 nitrogen and oxygen atoms in total. The number of esters is 1. The number of likely N-dealkylation sites (N-methyl/N-ethyl adjacent to an activating group) is 1. The van der Waals surface area contributed by atoms with Crippen molar-refractivity contribution in [2.24, 2.45) is 11.7 Å². The van der Waals surface area contributed by atoms with Crippen LogP contribution in [0, 0.1) is 5.92 Å². The second-order valence-electron chi connectivity index (χ2n) is 14.8. The average Bonchev–Trinajstić information content (AvgIpc) is 3.38. The van der Waals surface area contributed by atoms with Gasteiger partial charge in [-0.15, -0.1) is 22.7 Å². The molecule has 4 fully saturated rings. The lowest BCUT2D eigenvalue weighted by atomic mass is 9.94. The van der Waals surface area contributed by atoms with E-state index in [9.17, 15) is 9.59 Å². The highest BCUT2D eigenvalue weighted by Crippen LogP contribution is 2.53. The van der Waals surface area contributed by atoms with Crippen LogP contribution in [-0.4, -0.2) is 81.3 Å². The van der Waals surface area contributed by atoms with Crippen molar-refractivity contribution in [2.45, 2.75) is 113 Å². The highest BCUT2D eigenvalue weighted by atomic mass is 32.1. The number of piperidine rings is 1. The quantitative estimate of drug-likeness (QED) is 0.163. The number of nitrogens with zero attached hydrogens (tertiary/aromatic N) is 1. The van der Waals surface area contributed by atoms with Gasteiger partial charge in [0.25, 0.3) is 0 Å². The minimum absolute atomic E-state index is 0.0411. The Bertz CT molecular complexity index is 1260. The number of carbonyl (C=O) groups excluding carboxylic acids is 2. The molecule has 2 bridgehead atoms. The predicted molar refractivity (Wildman–Crippen MR) is 172 cm³/mol. The number of amides is 1. The molecule has 0 aromatic carbocycles. The molecule has 1 saturated carbocycles. The molecule has 236 valence electrons. The van der Waals surface area contributed by atoms with Crippen molar-refractivity contribution in [3.05, 3.63) is 44.8 Å². The molecule has 3 saturated heterocycles. The standard InChI is InChI=1S/C32H47N3O5S2Si/c1-31(2,3)43(5,6)40-32(25-9-7-15-41-25,26-10-8-16-42-26)30(37)38-22-18-23-27-28(39-27)24(19-22)35(23,4)14-13-34-29(36)20-11-12-21(33)17-20/h7-10,15-16,20-24,27-28H,11-14,17-19,33H2,1-6H3/p+1/t20-,21+,22?,23?,24?,27?,28?,35?/m0/s1. The Morgan fingerprint density at radius 2 is 1.65 bits per heavy atom.